The summed E-state index contributed by atoms with van der Waals surface area (Å²) in [5.41, 5.74) is 6.10. The topological polar surface area (TPSA) is 34.4 Å². The number of hydrogen-bond acceptors (Lipinski definition) is 3. The second-order valence-corrected chi connectivity index (χ2v) is 9.47. The second kappa shape index (κ2) is 8.50. The highest BCUT2D eigenvalue weighted by Crippen LogP contribution is 2.41. The lowest BCUT2D eigenvalue weighted by Gasteiger charge is -2.30. The lowest BCUT2D eigenvalue weighted by Crippen LogP contribution is -2.38. The van der Waals surface area contributed by atoms with Crippen molar-refractivity contribution in [3.63, 3.8) is 0 Å². The van der Waals surface area contributed by atoms with Crippen molar-refractivity contribution in [2.24, 2.45) is 4.99 Å². The molecule has 0 fully saturated rings. The Bertz CT molecular complexity index is 1640. The smallest absolute Gasteiger partial charge is 0.271 e. The van der Waals surface area contributed by atoms with E-state index in [2.05, 4.69) is 12.1 Å². The molecule has 0 spiro atoms. The van der Waals surface area contributed by atoms with Gasteiger partial charge in [0, 0.05) is 5.56 Å². The molecule has 0 N–H and O–H groups in total. The standard InChI is InChI=1S/C29H21FN2OS/c30-22-13-7-12-21(18-22)27-24-17-16-20-11-4-5-14-23(20)26(24)31-29-32(27)28(33)25(34-29)15-6-10-19-8-2-1-3-9-19/h1-15,18,27H,16-17H2/b10-6+,25-15-. The Labute approximate surface area is 200 Å². The summed E-state index contributed by atoms with van der Waals surface area (Å²) in [7, 11) is 0. The summed E-state index contributed by atoms with van der Waals surface area (Å²) >= 11 is 1.38. The maximum absolute atomic E-state index is 14.3. The van der Waals surface area contributed by atoms with Gasteiger partial charge in [0.15, 0.2) is 4.80 Å². The molecule has 2 aliphatic rings. The van der Waals surface area contributed by atoms with Crippen LogP contribution in [0.3, 0.4) is 0 Å². The Morgan fingerprint density at radius 2 is 1.79 bits per heavy atom. The van der Waals surface area contributed by atoms with E-state index < -0.39 is 0 Å². The number of halogens is 1. The number of aromatic nitrogens is 1. The second-order valence-electron chi connectivity index (χ2n) is 8.46. The van der Waals surface area contributed by atoms with Crippen molar-refractivity contribution in [1.82, 2.24) is 4.57 Å². The Kier molecular flexibility index (Phi) is 5.19. The molecule has 166 valence electrons. The molecule has 6 rings (SSSR count). The van der Waals surface area contributed by atoms with E-state index in [1.807, 2.05) is 66.8 Å². The first-order chi connectivity index (χ1) is 16.7. The lowest BCUT2D eigenvalue weighted by molar-refractivity contribution is 0.574. The number of benzene rings is 3. The molecule has 0 saturated heterocycles. The Balaban J connectivity index is 1.55. The van der Waals surface area contributed by atoms with Gasteiger partial charge in [0.05, 0.1) is 16.3 Å². The first-order valence-corrected chi connectivity index (χ1v) is 12.1. The molecule has 1 aliphatic heterocycles. The van der Waals surface area contributed by atoms with Crippen molar-refractivity contribution in [2.75, 3.05) is 0 Å². The third kappa shape index (κ3) is 3.58. The van der Waals surface area contributed by atoms with Gasteiger partial charge in [-0.15, -0.1) is 0 Å². The Morgan fingerprint density at radius 1 is 0.971 bits per heavy atom. The predicted molar refractivity (Wildman–Crippen MR) is 136 cm³/mol. The number of allylic oxidation sites excluding steroid dienone is 2. The van der Waals surface area contributed by atoms with Crippen molar-refractivity contribution in [1.29, 1.82) is 0 Å². The van der Waals surface area contributed by atoms with Crippen LogP contribution in [0.2, 0.25) is 0 Å². The van der Waals surface area contributed by atoms with Crippen LogP contribution in [0.15, 0.2) is 100 Å². The highest BCUT2D eigenvalue weighted by Gasteiger charge is 2.32. The summed E-state index contributed by atoms with van der Waals surface area (Å²) in [4.78, 5) is 19.2. The summed E-state index contributed by atoms with van der Waals surface area (Å²) in [6, 6.07) is 24.5. The summed E-state index contributed by atoms with van der Waals surface area (Å²) in [6.45, 7) is 0. The molecule has 1 unspecified atom stereocenters. The number of thiazole rings is 1. The SMILES string of the molecule is O=c1/c(=C/C=C/c2ccccc2)sc2n1C(c1cccc(F)c1)C1=C(N=2)c2ccccc2CC1. The predicted octanol–water partition coefficient (Wildman–Crippen LogP) is 5.12. The average molecular weight is 465 g/mol. The fourth-order valence-corrected chi connectivity index (χ4v) is 5.78. The van der Waals surface area contributed by atoms with Gasteiger partial charge >= 0.3 is 0 Å². The molecule has 2 heterocycles. The van der Waals surface area contributed by atoms with Gasteiger partial charge in [0.1, 0.15) is 5.82 Å². The van der Waals surface area contributed by atoms with Gasteiger partial charge in [0.2, 0.25) is 0 Å². The molecule has 0 bridgehead atoms. The molecule has 34 heavy (non-hydrogen) atoms. The highest BCUT2D eigenvalue weighted by atomic mass is 32.1. The normalized spacial score (nSPS) is 17.3. The van der Waals surface area contributed by atoms with Crippen LogP contribution < -0.4 is 14.9 Å². The molecule has 0 saturated carbocycles. The number of nitrogens with zero attached hydrogens (tertiary/aromatic N) is 2. The first-order valence-electron chi connectivity index (χ1n) is 11.3. The van der Waals surface area contributed by atoms with Crippen molar-refractivity contribution in [3.05, 3.63) is 138 Å². The van der Waals surface area contributed by atoms with Crippen LogP contribution in [-0.2, 0) is 6.42 Å². The van der Waals surface area contributed by atoms with Crippen molar-refractivity contribution < 1.29 is 4.39 Å². The molecule has 0 amide bonds. The molecule has 5 heteroatoms. The summed E-state index contributed by atoms with van der Waals surface area (Å²) in [5, 5.41) is 0. The van der Waals surface area contributed by atoms with Crippen molar-refractivity contribution in [2.45, 2.75) is 18.9 Å². The van der Waals surface area contributed by atoms with Gasteiger partial charge in [-0.25, -0.2) is 9.38 Å². The average Bonchev–Trinajstić information content (AvgIpc) is 3.18. The van der Waals surface area contributed by atoms with Gasteiger partial charge in [-0.2, -0.15) is 0 Å². The van der Waals surface area contributed by atoms with Gasteiger partial charge in [-0.05, 0) is 53.3 Å². The van der Waals surface area contributed by atoms with Crippen LogP contribution in [0.25, 0.3) is 17.8 Å². The van der Waals surface area contributed by atoms with Crippen LogP contribution in [0.4, 0.5) is 4.39 Å². The van der Waals surface area contributed by atoms with Crippen LogP contribution in [0.1, 0.15) is 34.7 Å². The fraction of sp³-hybridized carbons (Fsp3) is 0.103. The van der Waals surface area contributed by atoms with E-state index in [-0.39, 0.29) is 17.4 Å². The van der Waals surface area contributed by atoms with E-state index in [0.717, 1.165) is 40.8 Å². The number of fused-ring (bicyclic) bond motifs is 3. The molecular weight excluding hydrogens is 443 g/mol. The Hall–Kier alpha value is -3.83. The lowest BCUT2D eigenvalue weighted by atomic mass is 9.83. The van der Waals surface area contributed by atoms with E-state index in [1.165, 1.54) is 29.0 Å². The molecular formula is C29H21FN2OS. The fourth-order valence-electron chi connectivity index (χ4n) is 4.82. The van der Waals surface area contributed by atoms with E-state index in [9.17, 15) is 9.18 Å². The van der Waals surface area contributed by atoms with Gasteiger partial charge < -0.3 is 0 Å². The third-order valence-corrected chi connectivity index (χ3v) is 7.37. The largest absolute Gasteiger partial charge is 0.272 e. The maximum atomic E-state index is 14.3. The van der Waals surface area contributed by atoms with E-state index in [4.69, 9.17) is 4.99 Å². The number of aryl methyl sites for hydroxylation is 1. The Morgan fingerprint density at radius 3 is 2.65 bits per heavy atom. The zero-order chi connectivity index (χ0) is 23.1. The van der Waals surface area contributed by atoms with E-state index in [1.54, 1.807) is 10.6 Å². The highest BCUT2D eigenvalue weighted by molar-refractivity contribution is 7.07. The van der Waals surface area contributed by atoms with Crippen molar-refractivity contribution >= 4 is 29.2 Å². The number of hydrogen-bond donors (Lipinski definition) is 0. The van der Waals surface area contributed by atoms with Gasteiger partial charge in [-0.1, -0.05) is 90.2 Å². The molecule has 4 aromatic rings. The van der Waals surface area contributed by atoms with Crippen LogP contribution in [0, 0.1) is 5.82 Å². The third-order valence-electron chi connectivity index (χ3n) is 6.37. The zero-order valence-corrected chi connectivity index (χ0v) is 19.1. The summed E-state index contributed by atoms with van der Waals surface area (Å²) in [5.74, 6) is -0.305. The first kappa shape index (κ1) is 20.8. The van der Waals surface area contributed by atoms with Crippen LogP contribution in [0.5, 0.6) is 0 Å². The zero-order valence-electron chi connectivity index (χ0n) is 18.3. The molecule has 3 nitrogen and oxygen atoms in total. The molecule has 3 aromatic carbocycles. The van der Waals surface area contributed by atoms with Crippen LogP contribution >= 0.6 is 11.3 Å². The van der Waals surface area contributed by atoms with E-state index >= 15 is 0 Å². The van der Waals surface area contributed by atoms with Crippen molar-refractivity contribution in [3.8, 4) is 0 Å². The summed E-state index contributed by atoms with van der Waals surface area (Å²) in [6.07, 6.45) is 7.38. The minimum Gasteiger partial charge on any atom is -0.272 e. The van der Waals surface area contributed by atoms with Crippen LogP contribution in [-0.4, -0.2) is 4.57 Å². The van der Waals surface area contributed by atoms with Gasteiger partial charge in [0.25, 0.3) is 5.56 Å². The monoisotopic (exact) mass is 464 g/mol. The molecule has 1 atom stereocenters. The van der Waals surface area contributed by atoms with E-state index in [0.29, 0.717) is 9.33 Å². The minimum atomic E-state index is -0.365. The quantitative estimate of drug-likeness (QED) is 0.414. The maximum Gasteiger partial charge on any atom is 0.271 e. The minimum absolute atomic E-state index is 0.0962. The molecule has 1 aromatic heterocycles. The number of rotatable bonds is 3. The summed E-state index contributed by atoms with van der Waals surface area (Å²) < 4.78 is 16.6. The molecule has 0 radical (unpaired) electrons. The molecule has 1 aliphatic carbocycles. The van der Waals surface area contributed by atoms with Gasteiger partial charge in [-0.3, -0.25) is 9.36 Å².